The zero-order chi connectivity index (χ0) is 14.2. The topological polar surface area (TPSA) is 46.2 Å². The van der Waals surface area contributed by atoms with E-state index in [4.69, 9.17) is 0 Å². The molecule has 0 spiro atoms. The number of anilines is 1. The van der Waals surface area contributed by atoms with Crippen molar-refractivity contribution in [2.45, 2.75) is 50.0 Å². The fourth-order valence-corrected chi connectivity index (χ4v) is 5.10. The van der Waals surface area contributed by atoms with Gasteiger partial charge in [-0.1, -0.05) is 13.3 Å². The Labute approximate surface area is 121 Å². The van der Waals surface area contributed by atoms with Gasteiger partial charge in [0, 0.05) is 11.7 Å². The van der Waals surface area contributed by atoms with Gasteiger partial charge in [0.25, 0.3) is 0 Å². The highest BCUT2D eigenvalue weighted by Gasteiger charge is 2.39. The van der Waals surface area contributed by atoms with Crippen molar-refractivity contribution in [2.24, 2.45) is 11.8 Å². The molecule has 0 amide bonds. The van der Waals surface area contributed by atoms with Crippen molar-refractivity contribution in [2.75, 3.05) is 11.1 Å². The van der Waals surface area contributed by atoms with Crippen LogP contribution in [-0.4, -0.2) is 20.2 Å². The summed E-state index contributed by atoms with van der Waals surface area (Å²) in [6.45, 7) is 1.89. The minimum absolute atomic E-state index is 0.228. The van der Waals surface area contributed by atoms with Crippen LogP contribution in [0.1, 0.15) is 39.0 Å². The Bertz CT molecular complexity index is 565. The number of fused-ring (bicyclic) bond motifs is 2. The summed E-state index contributed by atoms with van der Waals surface area (Å²) in [6, 6.07) is 7.89. The van der Waals surface area contributed by atoms with Gasteiger partial charge < -0.3 is 5.32 Å². The van der Waals surface area contributed by atoms with Crippen LogP contribution in [0.2, 0.25) is 0 Å². The van der Waals surface area contributed by atoms with E-state index >= 15 is 0 Å². The predicted molar refractivity (Wildman–Crippen MR) is 81.6 cm³/mol. The molecule has 0 radical (unpaired) electrons. The molecule has 1 N–H and O–H groups in total. The van der Waals surface area contributed by atoms with E-state index in [-0.39, 0.29) is 5.75 Å². The number of nitrogens with one attached hydrogen (secondary N) is 1. The van der Waals surface area contributed by atoms with Crippen molar-refractivity contribution in [1.82, 2.24) is 0 Å². The van der Waals surface area contributed by atoms with Gasteiger partial charge in [0.1, 0.15) is 0 Å². The summed E-state index contributed by atoms with van der Waals surface area (Å²) >= 11 is 0. The lowest BCUT2D eigenvalue weighted by Gasteiger charge is -2.24. The molecule has 2 fully saturated rings. The maximum Gasteiger partial charge on any atom is 0.178 e. The van der Waals surface area contributed by atoms with Crippen molar-refractivity contribution >= 4 is 15.5 Å². The monoisotopic (exact) mass is 293 g/mol. The second-order valence-electron chi connectivity index (χ2n) is 6.27. The third-order valence-corrected chi connectivity index (χ3v) is 6.71. The summed E-state index contributed by atoms with van der Waals surface area (Å²) in [6.07, 6.45) is 6.07. The highest BCUT2D eigenvalue weighted by atomic mass is 32.2. The fraction of sp³-hybridized carbons (Fsp3) is 0.625. The van der Waals surface area contributed by atoms with E-state index in [1.165, 1.54) is 25.7 Å². The first-order valence-corrected chi connectivity index (χ1v) is 9.33. The molecule has 3 unspecified atom stereocenters. The van der Waals surface area contributed by atoms with Crippen molar-refractivity contribution < 1.29 is 8.42 Å². The van der Waals surface area contributed by atoms with Crippen LogP contribution in [0.15, 0.2) is 29.2 Å². The first kappa shape index (κ1) is 13.9. The van der Waals surface area contributed by atoms with Crippen LogP contribution in [0.4, 0.5) is 5.69 Å². The van der Waals surface area contributed by atoms with E-state index in [0.29, 0.717) is 17.4 Å². The number of hydrogen-bond donors (Lipinski definition) is 1. The SMILES string of the molecule is CCCS(=O)(=O)c1ccc(NC2CC3CCC2C3)cc1. The van der Waals surface area contributed by atoms with E-state index < -0.39 is 9.84 Å². The first-order valence-electron chi connectivity index (χ1n) is 7.68. The molecule has 4 heteroatoms. The predicted octanol–water partition coefficient (Wildman–Crippen LogP) is 3.47. The summed E-state index contributed by atoms with van der Waals surface area (Å²) in [7, 11) is -3.09. The van der Waals surface area contributed by atoms with E-state index in [9.17, 15) is 8.42 Å². The highest BCUT2D eigenvalue weighted by Crippen LogP contribution is 2.45. The fourth-order valence-electron chi connectivity index (χ4n) is 3.78. The highest BCUT2D eigenvalue weighted by molar-refractivity contribution is 7.91. The molecule has 3 nitrogen and oxygen atoms in total. The molecule has 2 aliphatic rings. The van der Waals surface area contributed by atoms with Crippen LogP contribution in [0.25, 0.3) is 0 Å². The third kappa shape index (κ3) is 2.71. The van der Waals surface area contributed by atoms with Gasteiger partial charge in [-0.2, -0.15) is 0 Å². The Morgan fingerprint density at radius 3 is 2.45 bits per heavy atom. The van der Waals surface area contributed by atoms with Crippen LogP contribution in [0.5, 0.6) is 0 Å². The molecule has 2 bridgehead atoms. The number of sulfone groups is 1. The summed E-state index contributed by atoms with van der Waals surface area (Å²) in [4.78, 5) is 0.442. The normalized spacial score (nSPS) is 28.8. The Morgan fingerprint density at radius 1 is 1.15 bits per heavy atom. The lowest BCUT2D eigenvalue weighted by molar-refractivity contribution is 0.440. The molecule has 0 aliphatic heterocycles. The number of hydrogen-bond acceptors (Lipinski definition) is 3. The number of benzene rings is 1. The maximum atomic E-state index is 12.0. The van der Waals surface area contributed by atoms with Gasteiger partial charge in [0.15, 0.2) is 9.84 Å². The lowest BCUT2D eigenvalue weighted by atomic mass is 9.95. The van der Waals surface area contributed by atoms with E-state index in [1.54, 1.807) is 12.1 Å². The Balaban J connectivity index is 1.67. The molecule has 0 saturated heterocycles. The van der Waals surface area contributed by atoms with Gasteiger partial charge in [-0.25, -0.2) is 8.42 Å². The molecule has 1 aromatic carbocycles. The van der Waals surface area contributed by atoms with Gasteiger partial charge in [-0.3, -0.25) is 0 Å². The molecular formula is C16H23NO2S. The molecular weight excluding hydrogens is 270 g/mol. The molecule has 3 atom stereocenters. The maximum absolute atomic E-state index is 12.0. The van der Waals surface area contributed by atoms with Crippen molar-refractivity contribution in [3.05, 3.63) is 24.3 Å². The standard InChI is InChI=1S/C16H23NO2S/c1-2-9-20(18,19)15-7-5-14(6-8-15)17-16-11-12-3-4-13(16)10-12/h5-8,12-13,16-17H,2-4,9-11H2,1H3. The minimum Gasteiger partial charge on any atom is -0.382 e. The van der Waals surface area contributed by atoms with Crippen LogP contribution in [-0.2, 0) is 9.84 Å². The van der Waals surface area contributed by atoms with Crippen molar-refractivity contribution in [1.29, 1.82) is 0 Å². The summed E-state index contributed by atoms with van der Waals surface area (Å²) < 4.78 is 23.9. The molecule has 20 heavy (non-hydrogen) atoms. The molecule has 0 heterocycles. The van der Waals surface area contributed by atoms with Crippen LogP contribution in [0.3, 0.4) is 0 Å². The van der Waals surface area contributed by atoms with Gasteiger partial charge in [-0.15, -0.1) is 0 Å². The summed E-state index contributed by atoms with van der Waals surface area (Å²) in [5.74, 6) is 1.97. The van der Waals surface area contributed by atoms with E-state index in [0.717, 1.165) is 17.5 Å². The molecule has 110 valence electrons. The minimum atomic E-state index is -3.09. The Kier molecular flexibility index (Phi) is 3.76. The van der Waals surface area contributed by atoms with Crippen LogP contribution in [0, 0.1) is 11.8 Å². The molecule has 2 aliphatic carbocycles. The summed E-state index contributed by atoms with van der Waals surface area (Å²) in [5.41, 5.74) is 1.05. The lowest BCUT2D eigenvalue weighted by Crippen LogP contribution is -2.25. The average molecular weight is 293 g/mol. The van der Waals surface area contributed by atoms with Gasteiger partial charge in [-0.05, 0) is 61.8 Å². The second kappa shape index (κ2) is 5.40. The first-order chi connectivity index (χ1) is 9.58. The molecule has 0 aromatic heterocycles. The second-order valence-corrected chi connectivity index (χ2v) is 8.38. The molecule has 2 saturated carbocycles. The third-order valence-electron chi connectivity index (χ3n) is 4.78. The van der Waals surface area contributed by atoms with Gasteiger partial charge in [0.05, 0.1) is 10.6 Å². The zero-order valence-electron chi connectivity index (χ0n) is 12.0. The van der Waals surface area contributed by atoms with Crippen LogP contribution >= 0.6 is 0 Å². The Morgan fingerprint density at radius 2 is 1.90 bits per heavy atom. The zero-order valence-corrected chi connectivity index (χ0v) is 12.8. The largest absolute Gasteiger partial charge is 0.382 e. The smallest absolute Gasteiger partial charge is 0.178 e. The average Bonchev–Trinajstić information content (AvgIpc) is 3.01. The van der Waals surface area contributed by atoms with Crippen molar-refractivity contribution in [3.63, 3.8) is 0 Å². The summed E-state index contributed by atoms with van der Waals surface area (Å²) in [5, 5.41) is 3.59. The van der Waals surface area contributed by atoms with Gasteiger partial charge >= 0.3 is 0 Å². The van der Waals surface area contributed by atoms with Gasteiger partial charge in [0.2, 0.25) is 0 Å². The van der Waals surface area contributed by atoms with Crippen molar-refractivity contribution in [3.8, 4) is 0 Å². The van der Waals surface area contributed by atoms with Crippen LogP contribution < -0.4 is 5.32 Å². The quantitative estimate of drug-likeness (QED) is 0.904. The molecule has 1 aromatic rings. The Hall–Kier alpha value is -1.03. The number of rotatable bonds is 5. The van der Waals surface area contributed by atoms with E-state index in [2.05, 4.69) is 5.32 Å². The molecule has 3 rings (SSSR count). The van der Waals surface area contributed by atoms with E-state index in [1.807, 2.05) is 19.1 Å².